The minimum Gasteiger partial charge on any atom is -0.325 e. The molecule has 0 saturated heterocycles. The van der Waals surface area contributed by atoms with Crippen molar-refractivity contribution in [2.24, 2.45) is 0 Å². The molecular weight excluding hydrogens is 272 g/mol. The Morgan fingerprint density at radius 1 is 1.24 bits per heavy atom. The molecule has 2 heterocycles. The maximum absolute atomic E-state index is 13.5. The second kappa shape index (κ2) is 5.77. The second-order valence-electron chi connectivity index (χ2n) is 5.09. The SMILES string of the molecule is CCNCc1cc(F)cnc1N1CCc2ccc(F)cc21. The van der Waals surface area contributed by atoms with Gasteiger partial charge in [0.05, 0.1) is 6.20 Å². The Hall–Kier alpha value is -2.01. The number of nitrogens with zero attached hydrogens (tertiary/aromatic N) is 2. The summed E-state index contributed by atoms with van der Waals surface area (Å²) in [6, 6.07) is 6.28. The number of anilines is 2. The van der Waals surface area contributed by atoms with E-state index < -0.39 is 0 Å². The Bertz CT molecular complexity index is 658. The monoisotopic (exact) mass is 289 g/mol. The maximum Gasteiger partial charge on any atom is 0.141 e. The zero-order chi connectivity index (χ0) is 14.8. The normalized spacial score (nSPS) is 13.6. The zero-order valence-corrected chi connectivity index (χ0v) is 11.9. The third-order valence-corrected chi connectivity index (χ3v) is 3.67. The number of fused-ring (bicyclic) bond motifs is 1. The van der Waals surface area contributed by atoms with Crippen molar-refractivity contribution >= 4 is 11.5 Å². The van der Waals surface area contributed by atoms with Gasteiger partial charge in [0.1, 0.15) is 17.5 Å². The number of hydrogen-bond acceptors (Lipinski definition) is 3. The predicted molar refractivity (Wildman–Crippen MR) is 78.7 cm³/mol. The van der Waals surface area contributed by atoms with Gasteiger partial charge in [-0.25, -0.2) is 13.8 Å². The highest BCUT2D eigenvalue weighted by molar-refractivity contribution is 5.69. The van der Waals surface area contributed by atoms with Crippen LogP contribution in [0.5, 0.6) is 0 Å². The van der Waals surface area contributed by atoms with Gasteiger partial charge in [0.25, 0.3) is 0 Å². The summed E-state index contributed by atoms with van der Waals surface area (Å²) < 4.78 is 27.0. The van der Waals surface area contributed by atoms with Crippen LogP contribution in [-0.4, -0.2) is 18.1 Å². The van der Waals surface area contributed by atoms with Crippen LogP contribution in [0, 0.1) is 11.6 Å². The van der Waals surface area contributed by atoms with Gasteiger partial charge in [-0.3, -0.25) is 0 Å². The summed E-state index contributed by atoms with van der Waals surface area (Å²) in [4.78, 5) is 6.19. The molecule has 0 amide bonds. The number of pyridine rings is 1. The Labute approximate surface area is 122 Å². The van der Waals surface area contributed by atoms with Crippen molar-refractivity contribution in [3.05, 3.63) is 53.2 Å². The molecule has 21 heavy (non-hydrogen) atoms. The van der Waals surface area contributed by atoms with Crippen molar-refractivity contribution in [1.29, 1.82) is 0 Å². The lowest BCUT2D eigenvalue weighted by Crippen LogP contribution is -2.20. The molecule has 0 bridgehead atoms. The number of rotatable bonds is 4. The standard InChI is InChI=1S/C16H17F2N3/c1-2-19-9-12-7-14(18)10-20-16(12)21-6-5-11-3-4-13(17)8-15(11)21/h3-4,7-8,10,19H,2,5-6,9H2,1H3. The average molecular weight is 289 g/mol. The lowest BCUT2D eigenvalue weighted by molar-refractivity contribution is 0.614. The summed E-state index contributed by atoms with van der Waals surface area (Å²) in [5.41, 5.74) is 2.71. The number of nitrogens with one attached hydrogen (secondary N) is 1. The molecule has 1 aliphatic rings. The van der Waals surface area contributed by atoms with Crippen molar-refractivity contribution < 1.29 is 8.78 Å². The first-order chi connectivity index (χ1) is 10.2. The lowest BCUT2D eigenvalue weighted by atomic mass is 10.1. The van der Waals surface area contributed by atoms with Gasteiger partial charge in [-0.15, -0.1) is 0 Å². The molecule has 5 heteroatoms. The third-order valence-electron chi connectivity index (χ3n) is 3.67. The van der Waals surface area contributed by atoms with Crippen LogP contribution < -0.4 is 10.2 Å². The fraction of sp³-hybridized carbons (Fsp3) is 0.312. The van der Waals surface area contributed by atoms with Crippen molar-refractivity contribution in [1.82, 2.24) is 10.3 Å². The first-order valence-corrected chi connectivity index (χ1v) is 7.10. The van der Waals surface area contributed by atoms with Crippen LogP contribution in [0.2, 0.25) is 0 Å². The van der Waals surface area contributed by atoms with Gasteiger partial charge in [0.2, 0.25) is 0 Å². The summed E-state index contributed by atoms with van der Waals surface area (Å²) in [5.74, 6) is 0.0722. The Morgan fingerprint density at radius 2 is 2.10 bits per heavy atom. The molecular formula is C16H17F2N3. The van der Waals surface area contributed by atoms with E-state index in [1.807, 2.05) is 11.8 Å². The van der Waals surface area contributed by atoms with E-state index in [2.05, 4.69) is 10.3 Å². The minimum atomic E-state index is -0.356. The van der Waals surface area contributed by atoms with E-state index in [0.717, 1.165) is 36.3 Å². The maximum atomic E-state index is 13.5. The van der Waals surface area contributed by atoms with E-state index in [1.165, 1.54) is 24.4 Å². The van der Waals surface area contributed by atoms with Gasteiger partial charge < -0.3 is 10.2 Å². The summed E-state index contributed by atoms with van der Waals surface area (Å²) in [7, 11) is 0. The largest absolute Gasteiger partial charge is 0.325 e. The van der Waals surface area contributed by atoms with Crippen molar-refractivity contribution in [2.75, 3.05) is 18.0 Å². The second-order valence-corrected chi connectivity index (χ2v) is 5.09. The van der Waals surface area contributed by atoms with Crippen LogP contribution in [0.3, 0.4) is 0 Å². The van der Waals surface area contributed by atoms with E-state index in [1.54, 1.807) is 6.07 Å². The molecule has 2 aromatic rings. The molecule has 110 valence electrons. The number of benzene rings is 1. The highest BCUT2D eigenvalue weighted by atomic mass is 19.1. The van der Waals surface area contributed by atoms with E-state index >= 15 is 0 Å². The molecule has 1 aliphatic heterocycles. The Balaban J connectivity index is 2.00. The Morgan fingerprint density at radius 3 is 2.90 bits per heavy atom. The first-order valence-electron chi connectivity index (χ1n) is 7.10. The van der Waals surface area contributed by atoms with Crippen molar-refractivity contribution in [3.63, 3.8) is 0 Å². The Kier molecular flexibility index (Phi) is 3.84. The number of halogens is 2. The van der Waals surface area contributed by atoms with Crippen LogP contribution in [0.25, 0.3) is 0 Å². The summed E-state index contributed by atoms with van der Waals surface area (Å²) in [6.45, 7) is 4.06. The highest BCUT2D eigenvalue weighted by Gasteiger charge is 2.24. The van der Waals surface area contributed by atoms with Gasteiger partial charge >= 0.3 is 0 Å². The van der Waals surface area contributed by atoms with Gasteiger partial charge in [-0.2, -0.15) is 0 Å². The van der Waals surface area contributed by atoms with Crippen LogP contribution in [0.15, 0.2) is 30.5 Å². The van der Waals surface area contributed by atoms with E-state index in [4.69, 9.17) is 0 Å². The molecule has 0 saturated carbocycles. The van der Waals surface area contributed by atoms with Crippen molar-refractivity contribution in [3.8, 4) is 0 Å². The van der Waals surface area contributed by atoms with Gasteiger partial charge in [-0.1, -0.05) is 13.0 Å². The van der Waals surface area contributed by atoms with E-state index in [-0.39, 0.29) is 11.6 Å². The van der Waals surface area contributed by atoms with Crippen molar-refractivity contribution in [2.45, 2.75) is 19.9 Å². The summed E-state index contributed by atoms with van der Waals surface area (Å²) in [5, 5.41) is 3.18. The number of hydrogen-bond donors (Lipinski definition) is 1. The summed E-state index contributed by atoms with van der Waals surface area (Å²) >= 11 is 0. The first kappa shape index (κ1) is 13.9. The van der Waals surface area contributed by atoms with E-state index in [0.29, 0.717) is 12.4 Å². The van der Waals surface area contributed by atoms with E-state index in [9.17, 15) is 8.78 Å². The van der Waals surface area contributed by atoms with Crippen LogP contribution in [0.4, 0.5) is 20.3 Å². The molecule has 1 aromatic carbocycles. The molecule has 0 fully saturated rings. The van der Waals surface area contributed by atoms with Gasteiger partial charge in [0.15, 0.2) is 0 Å². The van der Waals surface area contributed by atoms with Crippen LogP contribution in [-0.2, 0) is 13.0 Å². The van der Waals surface area contributed by atoms with Gasteiger partial charge in [0, 0.05) is 24.3 Å². The highest BCUT2D eigenvalue weighted by Crippen LogP contribution is 2.35. The molecule has 0 atom stereocenters. The van der Waals surface area contributed by atoms with Crippen LogP contribution >= 0.6 is 0 Å². The van der Waals surface area contributed by atoms with Gasteiger partial charge in [-0.05, 0) is 36.7 Å². The topological polar surface area (TPSA) is 28.2 Å². The molecule has 3 rings (SSSR count). The number of aromatic nitrogens is 1. The molecule has 0 unspecified atom stereocenters. The molecule has 0 radical (unpaired) electrons. The quantitative estimate of drug-likeness (QED) is 0.937. The fourth-order valence-electron chi connectivity index (χ4n) is 2.68. The minimum absolute atomic E-state index is 0.268. The zero-order valence-electron chi connectivity index (χ0n) is 11.9. The molecule has 0 spiro atoms. The third kappa shape index (κ3) is 2.74. The average Bonchev–Trinajstić information content (AvgIpc) is 2.88. The molecule has 0 aliphatic carbocycles. The predicted octanol–water partition coefficient (Wildman–Crippen LogP) is 3.16. The molecule has 1 N–H and O–H groups in total. The van der Waals surface area contributed by atoms with Crippen LogP contribution in [0.1, 0.15) is 18.1 Å². The fourth-order valence-corrected chi connectivity index (χ4v) is 2.68. The lowest BCUT2D eigenvalue weighted by Gasteiger charge is -2.21. The molecule has 1 aromatic heterocycles. The smallest absolute Gasteiger partial charge is 0.141 e. The molecule has 3 nitrogen and oxygen atoms in total. The summed E-state index contributed by atoms with van der Waals surface area (Å²) in [6.07, 6.45) is 2.05.